The largest absolute Gasteiger partial charge is 0.463 e. The Labute approximate surface area is 310 Å². The van der Waals surface area contributed by atoms with Gasteiger partial charge in [0, 0.05) is 25.7 Å². The van der Waals surface area contributed by atoms with Crippen molar-refractivity contribution in [2.24, 2.45) is 0 Å². The average molecular weight is 726 g/mol. The molecular weight excluding hydrogens is 650 g/mol. The lowest BCUT2D eigenvalue weighted by atomic mass is 10.1. The quantitative estimate of drug-likeness (QED) is 0.0368. The summed E-state index contributed by atoms with van der Waals surface area (Å²) in [5.41, 5.74) is 0. The maximum atomic E-state index is 13.1. The van der Waals surface area contributed by atoms with Crippen molar-refractivity contribution in [3.8, 4) is 0 Å². The molecule has 298 valence electrons. The molecule has 1 aliphatic rings. The van der Waals surface area contributed by atoms with Gasteiger partial charge in [-0.1, -0.05) is 136 Å². The first kappa shape index (κ1) is 46.8. The van der Waals surface area contributed by atoms with Crippen molar-refractivity contribution in [1.29, 1.82) is 0 Å². The third kappa shape index (κ3) is 24.6. The molecule has 1 fully saturated rings. The second-order valence-corrected chi connectivity index (χ2v) is 14.6. The molecule has 1 aliphatic heterocycles. The van der Waals surface area contributed by atoms with E-state index in [1.165, 1.54) is 57.8 Å². The van der Waals surface area contributed by atoms with Gasteiger partial charge >= 0.3 is 23.9 Å². The number of hydrogen-bond donors (Lipinski definition) is 0. The van der Waals surface area contributed by atoms with Crippen molar-refractivity contribution in [3.05, 3.63) is 0 Å². The molecule has 0 aromatic heterocycles. The number of unbranched alkanes of at least 4 members (excludes halogenated alkanes) is 18. The van der Waals surface area contributed by atoms with E-state index < -0.39 is 48.5 Å². The van der Waals surface area contributed by atoms with E-state index in [1.807, 2.05) is 19.0 Å². The van der Waals surface area contributed by atoms with Gasteiger partial charge < -0.3 is 28.6 Å². The van der Waals surface area contributed by atoms with Crippen LogP contribution in [0.2, 0.25) is 0 Å². The monoisotopic (exact) mass is 726 g/mol. The zero-order valence-electron chi connectivity index (χ0n) is 33.2. The SMILES string of the molecule is CCCCCCCCCC(=O)OC1[C@@H](COC(=O)CCCN(C)C)O[C@@H](OC(=O)CCCCCCCCC)[C@H]1OC(=O)CCCCCCCCC. The Morgan fingerprint density at radius 1 is 0.471 bits per heavy atom. The van der Waals surface area contributed by atoms with E-state index in [-0.39, 0.29) is 32.3 Å². The fraction of sp³-hybridized carbons (Fsp3) is 0.902. The van der Waals surface area contributed by atoms with E-state index in [0.717, 1.165) is 64.3 Å². The first-order valence-electron chi connectivity index (χ1n) is 20.8. The summed E-state index contributed by atoms with van der Waals surface area (Å²) >= 11 is 0. The summed E-state index contributed by atoms with van der Waals surface area (Å²) in [5.74, 6) is -1.76. The summed E-state index contributed by atoms with van der Waals surface area (Å²) in [6.07, 6.45) is 19.2. The summed E-state index contributed by atoms with van der Waals surface area (Å²) in [5, 5.41) is 0. The van der Waals surface area contributed by atoms with Gasteiger partial charge in [-0.15, -0.1) is 0 Å². The molecule has 1 saturated heterocycles. The molecule has 0 aromatic rings. The van der Waals surface area contributed by atoms with Crippen molar-refractivity contribution in [1.82, 2.24) is 4.90 Å². The molecule has 0 aromatic carbocycles. The fourth-order valence-electron chi connectivity index (χ4n) is 6.26. The van der Waals surface area contributed by atoms with Crippen LogP contribution in [0.1, 0.15) is 188 Å². The van der Waals surface area contributed by atoms with Gasteiger partial charge in [0.1, 0.15) is 12.7 Å². The minimum Gasteiger partial charge on any atom is -0.463 e. The van der Waals surface area contributed by atoms with Crippen LogP contribution in [0, 0.1) is 0 Å². The number of carbonyl (C=O) groups excluding carboxylic acids is 4. The van der Waals surface area contributed by atoms with Crippen LogP contribution in [-0.2, 0) is 42.9 Å². The molecule has 51 heavy (non-hydrogen) atoms. The molecule has 0 radical (unpaired) electrons. The molecule has 0 spiro atoms. The molecule has 10 heteroatoms. The number of nitrogens with zero attached hydrogens (tertiary/aromatic N) is 1. The first-order chi connectivity index (χ1) is 24.7. The molecule has 0 aliphatic carbocycles. The van der Waals surface area contributed by atoms with Crippen LogP contribution in [-0.4, -0.2) is 80.6 Å². The number of carbonyl (C=O) groups is 4. The summed E-state index contributed by atoms with van der Waals surface area (Å²) in [4.78, 5) is 53.8. The maximum absolute atomic E-state index is 13.1. The van der Waals surface area contributed by atoms with Gasteiger partial charge in [0.05, 0.1) is 0 Å². The topological polar surface area (TPSA) is 118 Å². The predicted molar refractivity (Wildman–Crippen MR) is 201 cm³/mol. The number of ether oxygens (including phenoxy) is 5. The molecule has 1 heterocycles. The Kier molecular flexibility index (Phi) is 28.8. The molecule has 0 bridgehead atoms. The van der Waals surface area contributed by atoms with E-state index in [0.29, 0.717) is 25.7 Å². The Bertz CT molecular complexity index is 912. The van der Waals surface area contributed by atoms with Crippen LogP contribution in [0.3, 0.4) is 0 Å². The zero-order chi connectivity index (χ0) is 37.5. The van der Waals surface area contributed by atoms with Gasteiger partial charge in [-0.3, -0.25) is 19.2 Å². The third-order valence-corrected chi connectivity index (χ3v) is 9.40. The standard InChI is InChI=1S/C41H75NO9/c1-6-9-12-15-18-21-24-28-36(44)49-39-34(33-47-35(43)31-27-32-42(4)5)48-41(51-38(46)30-26-23-20-17-14-11-8-3)40(39)50-37(45)29-25-22-19-16-13-10-7-2/h34,39-41H,6-33H2,1-5H3/t34-,39?,40+,41+/m1/s1. The average Bonchev–Trinajstić information content (AvgIpc) is 3.39. The number of esters is 4. The lowest BCUT2D eigenvalue weighted by Crippen LogP contribution is -2.42. The highest BCUT2D eigenvalue weighted by Gasteiger charge is 2.52. The fourth-order valence-corrected chi connectivity index (χ4v) is 6.26. The molecule has 4 atom stereocenters. The Morgan fingerprint density at radius 2 is 0.843 bits per heavy atom. The normalized spacial score (nSPS) is 18.5. The molecule has 0 saturated carbocycles. The predicted octanol–water partition coefficient (Wildman–Crippen LogP) is 9.39. The summed E-state index contributed by atoms with van der Waals surface area (Å²) < 4.78 is 29.3. The van der Waals surface area contributed by atoms with Crippen molar-refractivity contribution < 1.29 is 42.9 Å². The van der Waals surface area contributed by atoms with Crippen LogP contribution in [0.15, 0.2) is 0 Å². The minimum atomic E-state index is -1.27. The van der Waals surface area contributed by atoms with Gasteiger partial charge in [0.2, 0.25) is 12.4 Å². The first-order valence-corrected chi connectivity index (χ1v) is 20.8. The summed E-state index contributed by atoms with van der Waals surface area (Å²) in [7, 11) is 3.88. The summed E-state index contributed by atoms with van der Waals surface area (Å²) in [6.45, 7) is 7.08. The zero-order valence-corrected chi connectivity index (χ0v) is 33.2. The maximum Gasteiger partial charge on any atom is 0.308 e. The van der Waals surface area contributed by atoms with Crippen LogP contribution in [0.4, 0.5) is 0 Å². The van der Waals surface area contributed by atoms with E-state index in [4.69, 9.17) is 23.7 Å². The van der Waals surface area contributed by atoms with Gasteiger partial charge in [-0.2, -0.15) is 0 Å². The van der Waals surface area contributed by atoms with Gasteiger partial charge in [0.25, 0.3) is 0 Å². The number of hydrogen-bond acceptors (Lipinski definition) is 10. The molecule has 0 N–H and O–H groups in total. The smallest absolute Gasteiger partial charge is 0.308 e. The van der Waals surface area contributed by atoms with Crippen molar-refractivity contribution >= 4 is 23.9 Å². The highest BCUT2D eigenvalue weighted by molar-refractivity contribution is 5.72. The lowest BCUT2D eigenvalue weighted by molar-refractivity contribution is -0.200. The highest BCUT2D eigenvalue weighted by atomic mass is 16.8. The van der Waals surface area contributed by atoms with E-state index >= 15 is 0 Å². The van der Waals surface area contributed by atoms with E-state index in [9.17, 15) is 19.2 Å². The highest BCUT2D eigenvalue weighted by Crippen LogP contribution is 2.30. The Morgan fingerprint density at radius 3 is 1.27 bits per heavy atom. The number of rotatable bonds is 33. The van der Waals surface area contributed by atoms with Crippen molar-refractivity contribution in [2.45, 2.75) is 212 Å². The molecule has 10 nitrogen and oxygen atoms in total. The van der Waals surface area contributed by atoms with Gasteiger partial charge in [-0.25, -0.2) is 0 Å². The molecule has 0 amide bonds. The van der Waals surface area contributed by atoms with Crippen LogP contribution in [0.25, 0.3) is 0 Å². The van der Waals surface area contributed by atoms with Crippen molar-refractivity contribution in [3.63, 3.8) is 0 Å². The molecule has 1 unspecified atom stereocenters. The Hall–Kier alpha value is -2.20. The second-order valence-electron chi connectivity index (χ2n) is 14.6. The van der Waals surface area contributed by atoms with Gasteiger partial charge in [0.15, 0.2) is 6.10 Å². The minimum absolute atomic E-state index is 0.202. The van der Waals surface area contributed by atoms with Crippen molar-refractivity contribution in [2.75, 3.05) is 27.2 Å². The van der Waals surface area contributed by atoms with Crippen LogP contribution < -0.4 is 0 Å². The van der Waals surface area contributed by atoms with E-state index in [2.05, 4.69) is 20.8 Å². The Balaban J connectivity index is 2.97. The second kappa shape index (κ2) is 31.3. The summed E-state index contributed by atoms with van der Waals surface area (Å²) in [6, 6.07) is 0. The van der Waals surface area contributed by atoms with Crippen LogP contribution in [0.5, 0.6) is 0 Å². The van der Waals surface area contributed by atoms with Gasteiger partial charge in [-0.05, 0) is 46.3 Å². The molecular formula is C41H75NO9. The third-order valence-electron chi connectivity index (χ3n) is 9.40. The molecule has 1 rings (SSSR count). The van der Waals surface area contributed by atoms with E-state index in [1.54, 1.807) is 0 Å². The lowest BCUT2D eigenvalue weighted by Gasteiger charge is -2.24. The van der Waals surface area contributed by atoms with Crippen LogP contribution >= 0.6 is 0 Å².